The van der Waals surface area contributed by atoms with E-state index in [2.05, 4.69) is 52.3 Å². The van der Waals surface area contributed by atoms with Gasteiger partial charge in [0.15, 0.2) is 5.96 Å². The van der Waals surface area contributed by atoms with E-state index in [1.807, 2.05) is 17.8 Å². The van der Waals surface area contributed by atoms with Crippen LogP contribution in [0.5, 0.6) is 0 Å². The summed E-state index contributed by atoms with van der Waals surface area (Å²) in [6, 6.07) is 6.38. The normalized spacial score (nSPS) is 13.2. The van der Waals surface area contributed by atoms with Crippen LogP contribution in [-0.2, 0) is 13.6 Å². The molecule has 0 spiro atoms. The lowest BCUT2D eigenvalue weighted by Crippen LogP contribution is -2.38. The summed E-state index contributed by atoms with van der Waals surface area (Å²) in [6.45, 7) is 3.90. The Morgan fingerprint density at radius 2 is 2.25 bits per heavy atom. The molecule has 2 aromatic rings. The second-order valence-corrected chi connectivity index (χ2v) is 5.89. The molecule has 5 heteroatoms. The first-order valence-corrected chi connectivity index (χ1v) is 7.65. The monoisotopic (exact) mass is 290 g/mol. The van der Waals surface area contributed by atoms with Crippen molar-refractivity contribution >= 4 is 17.3 Å². The van der Waals surface area contributed by atoms with Gasteiger partial charge in [0.25, 0.3) is 0 Å². The quantitative estimate of drug-likeness (QED) is 0.656. The standard InChI is InChI=1S/C15H22N4S/c1-12(14-5-4-8-20-14)9-17-15(16-2)18-10-13-6-7-19(3)11-13/h4-8,11-12H,9-10H2,1-3H3,(H2,16,17,18). The van der Waals surface area contributed by atoms with Crippen molar-refractivity contribution in [1.82, 2.24) is 15.2 Å². The molecule has 0 aliphatic heterocycles. The number of rotatable bonds is 5. The summed E-state index contributed by atoms with van der Waals surface area (Å²) in [6.07, 6.45) is 4.15. The number of hydrogen-bond donors (Lipinski definition) is 2. The van der Waals surface area contributed by atoms with Gasteiger partial charge in [-0.3, -0.25) is 4.99 Å². The van der Waals surface area contributed by atoms with Crippen LogP contribution in [0.15, 0.2) is 41.0 Å². The average Bonchev–Trinajstić information content (AvgIpc) is 3.10. The van der Waals surface area contributed by atoms with Gasteiger partial charge in [-0.1, -0.05) is 13.0 Å². The SMILES string of the molecule is CN=C(NCc1ccn(C)c1)NCC(C)c1cccs1. The summed E-state index contributed by atoms with van der Waals surface area (Å²) in [4.78, 5) is 5.65. The lowest BCUT2D eigenvalue weighted by atomic mass is 10.1. The second kappa shape index (κ2) is 7.14. The van der Waals surface area contributed by atoms with E-state index in [9.17, 15) is 0 Å². The van der Waals surface area contributed by atoms with E-state index in [0.717, 1.165) is 19.0 Å². The van der Waals surface area contributed by atoms with Crippen LogP contribution in [0.4, 0.5) is 0 Å². The van der Waals surface area contributed by atoms with E-state index in [-0.39, 0.29) is 0 Å². The zero-order valence-corrected chi connectivity index (χ0v) is 13.1. The number of nitrogens with one attached hydrogen (secondary N) is 2. The lowest BCUT2D eigenvalue weighted by molar-refractivity contribution is 0.708. The van der Waals surface area contributed by atoms with Gasteiger partial charge in [-0.15, -0.1) is 11.3 Å². The van der Waals surface area contributed by atoms with Gasteiger partial charge in [0.05, 0.1) is 0 Å². The third-order valence-electron chi connectivity index (χ3n) is 3.18. The molecule has 2 heterocycles. The Morgan fingerprint density at radius 3 is 2.85 bits per heavy atom. The van der Waals surface area contributed by atoms with Crippen LogP contribution < -0.4 is 10.6 Å². The first-order chi connectivity index (χ1) is 9.69. The third kappa shape index (κ3) is 4.13. The number of thiophene rings is 1. The maximum Gasteiger partial charge on any atom is 0.191 e. The van der Waals surface area contributed by atoms with E-state index in [1.165, 1.54) is 10.4 Å². The van der Waals surface area contributed by atoms with Crippen LogP contribution in [0.3, 0.4) is 0 Å². The van der Waals surface area contributed by atoms with Crippen LogP contribution in [0, 0.1) is 0 Å². The fourth-order valence-electron chi connectivity index (χ4n) is 1.99. The summed E-state index contributed by atoms with van der Waals surface area (Å²) < 4.78 is 2.05. The fraction of sp³-hybridized carbons (Fsp3) is 0.400. The van der Waals surface area contributed by atoms with Gasteiger partial charge in [-0.2, -0.15) is 0 Å². The maximum atomic E-state index is 4.25. The van der Waals surface area contributed by atoms with Crippen LogP contribution in [0.25, 0.3) is 0 Å². The Bertz CT molecular complexity index is 542. The highest BCUT2D eigenvalue weighted by Gasteiger charge is 2.07. The Morgan fingerprint density at radius 1 is 1.40 bits per heavy atom. The van der Waals surface area contributed by atoms with Crippen molar-refractivity contribution in [3.8, 4) is 0 Å². The van der Waals surface area contributed by atoms with Crippen LogP contribution >= 0.6 is 11.3 Å². The Kier molecular flexibility index (Phi) is 5.24. The molecular weight excluding hydrogens is 268 g/mol. The van der Waals surface area contributed by atoms with Gasteiger partial charge in [0.1, 0.15) is 0 Å². The molecule has 2 rings (SSSR count). The van der Waals surface area contributed by atoms with Gasteiger partial charge < -0.3 is 15.2 Å². The molecule has 0 saturated carbocycles. The smallest absolute Gasteiger partial charge is 0.191 e. The van der Waals surface area contributed by atoms with Crippen molar-refractivity contribution in [2.75, 3.05) is 13.6 Å². The van der Waals surface area contributed by atoms with Crippen molar-refractivity contribution in [2.45, 2.75) is 19.4 Å². The second-order valence-electron chi connectivity index (χ2n) is 4.91. The molecule has 0 saturated heterocycles. The van der Waals surface area contributed by atoms with Crippen molar-refractivity contribution in [1.29, 1.82) is 0 Å². The van der Waals surface area contributed by atoms with Crippen LogP contribution in [-0.4, -0.2) is 24.1 Å². The average molecular weight is 290 g/mol. The molecule has 0 radical (unpaired) electrons. The molecule has 0 bridgehead atoms. The minimum Gasteiger partial charge on any atom is -0.357 e. The Labute approximate surface area is 124 Å². The summed E-state index contributed by atoms with van der Waals surface area (Å²) in [5.74, 6) is 1.34. The van der Waals surface area contributed by atoms with E-state index in [0.29, 0.717) is 5.92 Å². The Balaban J connectivity index is 1.78. The highest BCUT2D eigenvalue weighted by atomic mass is 32.1. The van der Waals surface area contributed by atoms with E-state index >= 15 is 0 Å². The zero-order valence-electron chi connectivity index (χ0n) is 12.3. The summed E-state index contributed by atoms with van der Waals surface area (Å²) >= 11 is 1.80. The van der Waals surface area contributed by atoms with Gasteiger partial charge in [-0.05, 0) is 23.1 Å². The van der Waals surface area contributed by atoms with E-state index < -0.39 is 0 Å². The molecular formula is C15H22N4S. The molecule has 0 amide bonds. The van der Waals surface area contributed by atoms with Gasteiger partial charge >= 0.3 is 0 Å². The van der Waals surface area contributed by atoms with Crippen molar-refractivity contribution in [3.63, 3.8) is 0 Å². The number of nitrogens with zero attached hydrogens (tertiary/aromatic N) is 2. The number of aromatic nitrogens is 1. The van der Waals surface area contributed by atoms with Crippen molar-refractivity contribution < 1.29 is 0 Å². The molecule has 0 fully saturated rings. The van der Waals surface area contributed by atoms with Gasteiger partial charge in [0.2, 0.25) is 0 Å². The molecule has 0 aliphatic carbocycles. The molecule has 20 heavy (non-hydrogen) atoms. The molecule has 108 valence electrons. The third-order valence-corrected chi connectivity index (χ3v) is 4.29. The molecule has 1 unspecified atom stereocenters. The van der Waals surface area contributed by atoms with E-state index in [4.69, 9.17) is 0 Å². The van der Waals surface area contributed by atoms with Gasteiger partial charge in [0, 0.05) is 50.4 Å². The molecule has 1 atom stereocenters. The zero-order chi connectivity index (χ0) is 14.4. The largest absolute Gasteiger partial charge is 0.357 e. The minimum absolute atomic E-state index is 0.491. The highest BCUT2D eigenvalue weighted by molar-refractivity contribution is 7.10. The van der Waals surface area contributed by atoms with Crippen LogP contribution in [0.1, 0.15) is 23.3 Å². The first-order valence-electron chi connectivity index (χ1n) is 6.78. The van der Waals surface area contributed by atoms with Gasteiger partial charge in [-0.25, -0.2) is 0 Å². The predicted octanol–water partition coefficient (Wildman–Crippen LogP) is 2.56. The Hall–Kier alpha value is -1.75. The fourth-order valence-corrected chi connectivity index (χ4v) is 2.78. The number of aryl methyl sites for hydroxylation is 1. The number of guanidine groups is 1. The summed E-state index contributed by atoms with van der Waals surface area (Å²) in [5.41, 5.74) is 1.25. The van der Waals surface area contributed by atoms with E-state index in [1.54, 1.807) is 18.4 Å². The van der Waals surface area contributed by atoms with Crippen molar-refractivity contribution in [2.24, 2.45) is 12.0 Å². The maximum absolute atomic E-state index is 4.25. The minimum atomic E-state index is 0.491. The summed E-state index contributed by atoms with van der Waals surface area (Å²) in [7, 11) is 3.83. The molecule has 0 aliphatic rings. The highest BCUT2D eigenvalue weighted by Crippen LogP contribution is 2.19. The molecule has 2 aromatic heterocycles. The number of aliphatic imine (C=N–C) groups is 1. The topological polar surface area (TPSA) is 41.4 Å². The molecule has 2 N–H and O–H groups in total. The predicted molar refractivity (Wildman–Crippen MR) is 86.3 cm³/mol. The van der Waals surface area contributed by atoms with Crippen LogP contribution in [0.2, 0.25) is 0 Å². The number of hydrogen-bond acceptors (Lipinski definition) is 2. The lowest BCUT2D eigenvalue weighted by Gasteiger charge is -2.14. The first kappa shape index (κ1) is 14.7. The van der Waals surface area contributed by atoms with Crippen molar-refractivity contribution in [3.05, 3.63) is 46.4 Å². The molecule has 0 aromatic carbocycles. The summed E-state index contributed by atoms with van der Waals surface area (Å²) in [5, 5.41) is 8.82. The molecule has 4 nitrogen and oxygen atoms in total.